The quantitative estimate of drug-likeness (QED) is 0.541. The van der Waals surface area contributed by atoms with Gasteiger partial charge in [-0.1, -0.05) is 20.8 Å². The van der Waals surface area contributed by atoms with Gasteiger partial charge in [0.2, 0.25) is 0 Å². The molecule has 0 aliphatic rings. The molecule has 0 spiro atoms. The van der Waals surface area contributed by atoms with Gasteiger partial charge in [-0.15, -0.1) is 0 Å². The van der Waals surface area contributed by atoms with Gasteiger partial charge in [0.25, 0.3) is 5.91 Å². The van der Waals surface area contributed by atoms with E-state index in [-0.39, 0.29) is 11.3 Å². The Bertz CT molecular complexity index is 147. The molecule has 0 fully saturated rings. The van der Waals surface area contributed by atoms with Crippen molar-refractivity contribution in [2.75, 3.05) is 0 Å². The number of amides is 1. The predicted molar refractivity (Wildman–Crippen MR) is 43.2 cm³/mol. The lowest BCUT2D eigenvalue weighted by Crippen LogP contribution is -2.20. The van der Waals surface area contributed by atoms with E-state index in [9.17, 15) is 4.79 Å². The number of carbonyl (C=O) groups excluding carboxylic acids is 1. The van der Waals surface area contributed by atoms with Crippen molar-refractivity contribution in [1.29, 1.82) is 0 Å². The Kier molecular flexibility index (Phi) is 3.26. The summed E-state index contributed by atoms with van der Waals surface area (Å²) in [6, 6.07) is 0. The number of aliphatic imine (C=N–C) groups is 1. The van der Waals surface area contributed by atoms with Crippen molar-refractivity contribution in [2.45, 2.75) is 34.1 Å². The number of carbonyl (C=O) groups is 1. The number of nitrogens with zero attached hydrogens (tertiary/aromatic N) is 1. The van der Waals surface area contributed by atoms with Crippen LogP contribution in [0.15, 0.2) is 4.99 Å². The van der Waals surface area contributed by atoms with Crippen LogP contribution in [0.4, 0.5) is 0 Å². The van der Waals surface area contributed by atoms with Gasteiger partial charge in [-0.3, -0.25) is 4.79 Å². The van der Waals surface area contributed by atoms with E-state index in [0.29, 0.717) is 0 Å². The van der Waals surface area contributed by atoms with E-state index in [2.05, 4.69) is 4.99 Å². The molecular formula is C8H15NO. The fraction of sp³-hybridized carbons (Fsp3) is 0.750. The lowest BCUT2D eigenvalue weighted by Gasteiger charge is -2.16. The molecule has 0 atom stereocenters. The first-order valence-corrected chi connectivity index (χ1v) is 3.57. The number of rotatable bonds is 2. The summed E-state index contributed by atoms with van der Waals surface area (Å²) in [5.41, 5.74) is -0.285. The summed E-state index contributed by atoms with van der Waals surface area (Å²) in [5, 5.41) is 0. The van der Waals surface area contributed by atoms with Crippen molar-refractivity contribution < 1.29 is 4.79 Å². The molecule has 10 heavy (non-hydrogen) atoms. The third kappa shape index (κ3) is 2.29. The third-order valence-electron chi connectivity index (χ3n) is 1.71. The SMILES string of the molecule is CC=NC(=O)C(C)(C)CC. The van der Waals surface area contributed by atoms with Gasteiger partial charge in [-0.25, -0.2) is 4.99 Å². The Labute approximate surface area is 62.4 Å². The summed E-state index contributed by atoms with van der Waals surface area (Å²) >= 11 is 0. The maximum Gasteiger partial charge on any atom is 0.250 e. The summed E-state index contributed by atoms with van der Waals surface area (Å²) in [6.45, 7) is 7.55. The second-order valence-electron chi connectivity index (χ2n) is 2.93. The highest BCUT2D eigenvalue weighted by Gasteiger charge is 2.23. The molecule has 0 radical (unpaired) electrons. The van der Waals surface area contributed by atoms with Crippen LogP contribution in [0.1, 0.15) is 34.1 Å². The van der Waals surface area contributed by atoms with Crippen LogP contribution in [0.3, 0.4) is 0 Å². The zero-order valence-electron chi connectivity index (χ0n) is 7.14. The van der Waals surface area contributed by atoms with Crippen molar-refractivity contribution in [3.8, 4) is 0 Å². The minimum absolute atomic E-state index is 0.0301. The Hall–Kier alpha value is -0.660. The fourth-order valence-corrected chi connectivity index (χ4v) is 0.443. The van der Waals surface area contributed by atoms with Crippen molar-refractivity contribution in [3.63, 3.8) is 0 Å². The number of hydrogen-bond acceptors (Lipinski definition) is 1. The van der Waals surface area contributed by atoms with Crippen LogP contribution in [0, 0.1) is 5.41 Å². The van der Waals surface area contributed by atoms with Crippen molar-refractivity contribution in [1.82, 2.24) is 0 Å². The molecule has 58 valence electrons. The molecule has 2 nitrogen and oxygen atoms in total. The van der Waals surface area contributed by atoms with E-state index in [4.69, 9.17) is 0 Å². The molecule has 0 aliphatic heterocycles. The van der Waals surface area contributed by atoms with Gasteiger partial charge in [0.1, 0.15) is 0 Å². The van der Waals surface area contributed by atoms with Crippen LogP contribution in [0.25, 0.3) is 0 Å². The molecule has 0 unspecified atom stereocenters. The molecule has 0 aromatic carbocycles. The fourth-order valence-electron chi connectivity index (χ4n) is 0.443. The van der Waals surface area contributed by atoms with E-state index in [1.54, 1.807) is 13.1 Å². The number of hydrogen-bond donors (Lipinski definition) is 0. The van der Waals surface area contributed by atoms with Gasteiger partial charge in [0.05, 0.1) is 0 Å². The minimum atomic E-state index is -0.285. The molecule has 0 bridgehead atoms. The summed E-state index contributed by atoms with van der Waals surface area (Å²) in [5.74, 6) is -0.0301. The maximum atomic E-state index is 11.1. The molecule has 0 rings (SSSR count). The molecule has 0 aromatic heterocycles. The van der Waals surface area contributed by atoms with Gasteiger partial charge in [0.15, 0.2) is 0 Å². The first-order chi connectivity index (χ1) is 4.54. The Morgan fingerprint density at radius 1 is 1.60 bits per heavy atom. The average molecular weight is 141 g/mol. The highest BCUT2D eigenvalue weighted by atomic mass is 16.1. The highest BCUT2D eigenvalue weighted by Crippen LogP contribution is 2.20. The molecule has 0 saturated carbocycles. The summed E-state index contributed by atoms with van der Waals surface area (Å²) < 4.78 is 0. The third-order valence-corrected chi connectivity index (χ3v) is 1.71. The van der Waals surface area contributed by atoms with Gasteiger partial charge in [-0.2, -0.15) is 0 Å². The first kappa shape index (κ1) is 9.34. The maximum absolute atomic E-state index is 11.1. The summed E-state index contributed by atoms with van der Waals surface area (Å²) in [4.78, 5) is 14.8. The van der Waals surface area contributed by atoms with Crippen molar-refractivity contribution in [2.24, 2.45) is 10.4 Å². The smallest absolute Gasteiger partial charge is 0.250 e. The molecule has 2 heteroatoms. The van der Waals surface area contributed by atoms with E-state index in [1.165, 1.54) is 0 Å². The molecule has 0 saturated heterocycles. The molecule has 0 N–H and O–H groups in total. The largest absolute Gasteiger partial charge is 0.272 e. The summed E-state index contributed by atoms with van der Waals surface area (Å²) in [7, 11) is 0. The molecule has 0 heterocycles. The van der Waals surface area contributed by atoms with Gasteiger partial charge in [-0.05, 0) is 13.3 Å². The lowest BCUT2D eigenvalue weighted by atomic mass is 9.90. The highest BCUT2D eigenvalue weighted by molar-refractivity contribution is 5.88. The van der Waals surface area contributed by atoms with E-state index in [0.717, 1.165) is 6.42 Å². The average Bonchev–Trinajstić information content (AvgIpc) is 1.89. The van der Waals surface area contributed by atoms with Crippen molar-refractivity contribution in [3.05, 3.63) is 0 Å². The van der Waals surface area contributed by atoms with Gasteiger partial charge >= 0.3 is 0 Å². The van der Waals surface area contributed by atoms with Crippen LogP contribution in [0.2, 0.25) is 0 Å². The minimum Gasteiger partial charge on any atom is -0.272 e. The monoisotopic (exact) mass is 141 g/mol. The van der Waals surface area contributed by atoms with E-state index >= 15 is 0 Å². The predicted octanol–water partition coefficient (Wildman–Crippen LogP) is 2.04. The molecular weight excluding hydrogens is 126 g/mol. The molecule has 0 aliphatic carbocycles. The molecule has 1 amide bonds. The zero-order chi connectivity index (χ0) is 8.20. The van der Waals surface area contributed by atoms with E-state index in [1.807, 2.05) is 20.8 Å². The Morgan fingerprint density at radius 2 is 2.10 bits per heavy atom. The van der Waals surface area contributed by atoms with Gasteiger partial charge < -0.3 is 0 Å². The summed E-state index contributed by atoms with van der Waals surface area (Å²) in [6.07, 6.45) is 2.38. The molecule has 0 aromatic rings. The van der Waals surface area contributed by atoms with Crippen LogP contribution >= 0.6 is 0 Å². The Morgan fingerprint density at radius 3 is 2.40 bits per heavy atom. The van der Waals surface area contributed by atoms with Crippen LogP contribution in [0.5, 0.6) is 0 Å². The van der Waals surface area contributed by atoms with Crippen LogP contribution < -0.4 is 0 Å². The zero-order valence-corrected chi connectivity index (χ0v) is 7.14. The van der Waals surface area contributed by atoms with Crippen LogP contribution in [-0.4, -0.2) is 12.1 Å². The normalized spacial score (nSPS) is 12.4. The van der Waals surface area contributed by atoms with Crippen molar-refractivity contribution >= 4 is 12.1 Å². The topological polar surface area (TPSA) is 29.4 Å². The van der Waals surface area contributed by atoms with E-state index < -0.39 is 0 Å². The van der Waals surface area contributed by atoms with Gasteiger partial charge in [0, 0.05) is 11.6 Å². The second-order valence-corrected chi connectivity index (χ2v) is 2.93. The second kappa shape index (κ2) is 3.49. The standard InChI is InChI=1S/C8H15NO/c1-5-8(3,4)7(10)9-6-2/h6H,5H2,1-4H3. The Balaban J connectivity index is 4.18. The van der Waals surface area contributed by atoms with Crippen LogP contribution in [-0.2, 0) is 4.79 Å². The lowest BCUT2D eigenvalue weighted by molar-refractivity contribution is -0.125. The first-order valence-electron chi connectivity index (χ1n) is 3.57.